The number of amides is 2. The number of halogens is 3. The predicted molar refractivity (Wildman–Crippen MR) is 104 cm³/mol. The highest BCUT2D eigenvalue weighted by Crippen LogP contribution is 2.30. The maximum absolute atomic E-state index is 13.7. The van der Waals surface area contributed by atoms with Gasteiger partial charge < -0.3 is 19.5 Å². The minimum Gasteiger partial charge on any atom is -0.493 e. The van der Waals surface area contributed by atoms with Crippen molar-refractivity contribution in [3.05, 3.63) is 47.8 Å². The van der Waals surface area contributed by atoms with E-state index in [0.29, 0.717) is 0 Å². The maximum atomic E-state index is 13.7. The average molecular weight is 426 g/mol. The van der Waals surface area contributed by atoms with Gasteiger partial charge in [-0.1, -0.05) is 0 Å². The average Bonchev–Trinajstić information content (AvgIpc) is 2.61. The fourth-order valence-electron chi connectivity index (χ4n) is 2.34. The summed E-state index contributed by atoms with van der Waals surface area (Å²) in [4.78, 5) is 24.6. The first-order valence-corrected chi connectivity index (χ1v) is 8.72. The lowest BCUT2D eigenvalue weighted by atomic mass is 10.1. The van der Waals surface area contributed by atoms with Crippen LogP contribution in [0.5, 0.6) is 11.5 Å². The highest BCUT2D eigenvalue weighted by Gasteiger charge is 2.19. The summed E-state index contributed by atoms with van der Waals surface area (Å²) in [7, 11) is 1.26. The molecule has 0 heterocycles. The summed E-state index contributed by atoms with van der Waals surface area (Å²) in [6.45, 7) is 1.89. The lowest BCUT2D eigenvalue weighted by Crippen LogP contribution is -2.27. The van der Waals surface area contributed by atoms with Crippen LogP contribution in [0.4, 0.5) is 29.3 Å². The molecular weight excluding hydrogens is 405 g/mol. The van der Waals surface area contributed by atoms with Crippen molar-refractivity contribution in [2.75, 3.05) is 17.7 Å². The van der Waals surface area contributed by atoms with E-state index in [0.717, 1.165) is 18.2 Å². The van der Waals surface area contributed by atoms with Gasteiger partial charge in [-0.15, -0.1) is 0 Å². The summed E-state index contributed by atoms with van der Waals surface area (Å²) in [6.07, 6.45) is -0.804. The van der Waals surface area contributed by atoms with Crippen molar-refractivity contribution in [2.24, 2.45) is 0 Å². The van der Waals surface area contributed by atoms with Crippen LogP contribution >= 0.6 is 0 Å². The van der Waals surface area contributed by atoms with Crippen LogP contribution in [0, 0.1) is 5.82 Å². The summed E-state index contributed by atoms with van der Waals surface area (Å²) in [6, 6.07) is 6.97. The first-order valence-electron chi connectivity index (χ1n) is 8.72. The normalized spacial score (nSPS) is 11.1. The fourth-order valence-corrected chi connectivity index (χ4v) is 2.34. The van der Waals surface area contributed by atoms with Gasteiger partial charge >= 0.3 is 12.7 Å². The molecular formula is C20H21F3N2O5. The lowest BCUT2D eigenvalue weighted by molar-refractivity contribution is -0.0512. The van der Waals surface area contributed by atoms with Crippen LogP contribution in [0.15, 0.2) is 36.4 Å². The highest BCUT2D eigenvalue weighted by atomic mass is 19.3. The first kappa shape index (κ1) is 22.9. The van der Waals surface area contributed by atoms with E-state index in [1.54, 1.807) is 20.8 Å². The molecule has 30 heavy (non-hydrogen) atoms. The molecule has 0 bridgehead atoms. The van der Waals surface area contributed by atoms with E-state index in [9.17, 15) is 22.8 Å². The Hall–Kier alpha value is -3.43. The Morgan fingerprint density at radius 3 is 2.27 bits per heavy atom. The number of carbonyl (C=O) groups is 2. The zero-order valence-corrected chi connectivity index (χ0v) is 16.7. The van der Waals surface area contributed by atoms with Gasteiger partial charge in [0.25, 0.3) is 5.91 Å². The number of alkyl halides is 2. The SMILES string of the molecule is COc1ccc(C(=O)Nc2cc(F)ccc2NC(=O)OC(C)(C)C)cc1OC(F)F. The molecule has 0 unspecified atom stereocenters. The molecule has 0 spiro atoms. The Kier molecular flexibility index (Phi) is 7.14. The molecule has 0 atom stereocenters. The summed E-state index contributed by atoms with van der Waals surface area (Å²) in [5, 5.41) is 4.84. The second kappa shape index (κ2) is 9.38. The van der Waals surface area contributed by atoms with Crippen molar-refractivity contribution >= 4 is 23.4 Å². The number of ether oxygens (including phenoxy) is 3. The molecule has 10 heteroatoms. The highest BCUT2D eigenvalue weighted by molar-refractivity contribution is 6.07. The van der Waals surface area contributed by atoms with E-state index in [1.807, 2.05) is 0 Å². The van der Waals surface area contributed by atoms with Crippen molar-refractivity contribution in [1.29, 1.82) is 0 Å². The number of hydrogen-bond acceptors (Lipinski definition) is 5. The molecule has 0 saturated carbocycles. The molecule has 2 aromatic carbocycles. The summed E-state index contributed by atoms with van der Waals surface area (Å²) in [5.41, 5.74) is -0.800. The number of rotatable bonds is 6. The zero-order chi connectivity index (χ0) is 22.5. The molecule has 0 aliphatic carbocycles. The van der Waals surface area contributed by atoms with Gasteiger partial charge in [0.1, 0.15) is 11.4 Å². The molecule has 2 rings (SSSR count). The predicted octanol–water partition coefficient (Wildman–Crippen LogP) is 5.04. The van der Waals surface area contributed by atoms with Gasteiger partial charge in [-0.25, -0.2) is 9.18 Å². The van der Waals surface area contributed by atoms with E-state index in [1.165, 1.54) is 25.3 Å². The van der Waals surface area contributed by atoms with Crippen molar-refractivity contribution < 1.29 is 37.0 Å². The third-order valence-corrected chi connectivity index (χ3v) is 3.51. The fraction of sp³-hybridized carbons (Fsp3) is 0.300. The Bertz CT molecular complexity index is 929. The number of methoxy groups -OCH3 is 1. The molecule has 7 nitrogen and oxygen atoms in total. The van der Waals surface area contributed by atoms with Gasteiger partial charge in [0.2, 0.25) is 0 Å². The largest absolute Gasteiger partial charge is 0.493 e. The van der Waals surface area contributed by atoms with Gasteiger partial charge in [0, 0.05) is 5.56 Å². The Labute approximate surface area is 171 Å². The minimum atomic E-state index is -3.12. The van der Waals surface area contributed by atoms with Gasteiger partial charge in [-0.3, -0.25) is 10.1 Å². The van der Waals surface area contributed by atoms with Gasteiger partial charge in [-0.05, 0) is 57.2 Å². The van der Waals surface area contributed by atoms with E-state index in [2.05, 4.69) is 15.4 Å². The number of nitrogens with one attached hydrogen (secondary N) is 2. The monoisotopic (exact) mass is 426 g/mol. The molecule has 0 aliphatic rings. The van der Waals surface area contributed by atoms with Crippen LogP contribution in [0.1, 0.15) is 31.1 Å². The second-order valence-corrected chi connectivity index (χ2v) is 7.02. The number of benzene rings is 2. The molecule has 162 valence electrons. The number of anilines is 2. The van der Waals surface area contributed by atoms with Crippen LogP contribution < -0.4 is 20.1 Å². The minimum absolute atomic E-state index is 0.00452. The van der Waals surface area contributed by atoms with Crippen molar-refractivity contribution in [3.63, 3.8) is 0 Å². The quantitative estimate of drug-likeness (QED) is 0.676. The molecule has 2 aromatic rings. The van der Waals surface area contributed by atoms with Crippen LogP contribution in [0.3, 0.4) is 0 Å². The second-order valence-electron chi connectivity index (χ2n) is 7.02. The zero-order valence-electron chi connectivity index (χ0n) is 16.7. The molecule has 2 N–H and O–H groups in total. The topological polar surface area (TPSA) is 85.9 Å². The summed E-state index contributed by atoms with van der Waals surface area (Å²) < 4.78 is 53.3. The Morgan fingerprint density at radius 1 is 0.967 bits per heavy atom. The third kappa shape index (κ3) is 6.57. The van der Waals surface area contributed by atoms with Crippen LogP contribution in [0.2, 0.25) is 0 Å². The number of hydrogen-bond donors (Lipinski definition) is 2. The van der Waals surface area contributed by atoms with Crippen molar-refractivity contribution in [2.45, 2.75) is 33.0 Å². The van der Waals surface area contributed by atoms with Crippen LogP contribution in [-0.2, 0) is 4.74 Å². The molecule has 0 aliphatic heterocycles. The number of carbonyl (C=O) groups excluding carboxylic acids is 2. The molecule has 0 fully saturated rings. The molecule has 0 aromatic heterocycles. The van der Waals surface area contributed by atoms with E-state index >= 15 is 0 Å². The van der Waals surface area contributed by atoms with Crippen molar-refractivity contribution in [3.8, 4) is 11.5 Å². The van der Waals surface area contributed by atoms with Gasteiger partial charge in [-0.2, -0.15) is 8.78 Å². The van der Waals surface area contributed by atoms with Gasteiger partial charge in [0.15, 0.2) is 11.5 Å². The van der Waals surface area contributed by atoms with E-state index in [4.69, 9.17) is 9.47 Å². The maximum Gasteiger partial charge on any atom is 0.412 e. The Balaban J connectivity index is 2.26. The van der Waals surface area contributed by atoms with Crippen LogP contribution in [-0.4, -0.2) is 31.3 Å². The lowest BCUT2D eigenvalue weighted by Gasteiger charge is -2.20. The van der Waals surface area contributed by atoms with E-state index < -0.39 is 30.0 Å². The van der Waals surface area contributed by atoms with Gasteiger partial charge in [0.05, 0.1) is 18.5 Å². The van der Waals surface area contributed by atoms with E-state index in [-0.39, 0.29) is 28.4 Å². The summed E-state index contributed by atoms with van der Waals surface area (Å²) in [5.74, 6) is -1.76. The first-order chi connectivity index (χ1) is 14.0. The smallest absolute Gasteiger partial charge is 0.412 e. The van der Waals surface area contributed by atoms with Crippen LogP contribution in [0.25, 0.3) is 0 Å². The van der Waals surface area contributed by atoms with Crippen molar-refractivity contribution in [1.82, 2.24) is 0 Å². The standard InChI is InChI=1S/C20H21F3N2O5/c1-20(2,3)30-19(27)25-13-7-6-12(21)10-14(13)24-17(26)11-5-8-15(28-4)16(9-11)29-18(22)23/h5-10,18H,1-4H3,(H,24,26)(H,25,27). The molecule has 0 radical (unpaired) electrons. The molecule has 2 amide bonds. The Morgan fingerprint density at radius 2 is 1.67 bits per heavy atom. The third-order valence-electron chi connectivity index (χ3n) is 3.51. The molecule has 0 saturated heterocycles. The summed E-state index contributed by atoms with van der Waals surface area (Å²) >= 11 is 0.